The number of benzene rings is 4. The van der Waals surface area contributed by atoms with Crippen LogP contribution in [0.15, 0.2) is 116 Å². The Balaban J connectivity index is 1.76. The average Bonchev–Trinajstić information content (AvgIpc) is 3.33. The zero-order valence-corrected chi connectivity index (χ0v) is 49.6. The molecule has 4 rings (SSSR count). The molecule has 0 aliphatic rings. The summed E-state index contributed by atoms with van der Waals surface area (Å²) in [5.74, 6) is -6.08. The van der Waals surface area contributed by atoms with E-state index in [1.54, 1.807) is 131 Å². The van der Waals surface area contributed by atoms with Crippen molar-refractivity contribution in [2.24, 2.45) is 17.6 Å². The van der Waals surface area contributed by atoms with Crippen LogP contribution in [0.25, 0.3) is 10.8 Å². The predicted octanol–water partition coefficient (Wildman–Crippen LogP) is 10.7. The first-order chi connectivity index (χ1) is 36.3. The Hall–Kier alpha value is -5.73. The van der Waals surface area contributed by atoms with Gasteiger partial charge < -0.3 is 44.5 Å². The Morgan fingerprint density at radius 3 is 1.82 bits per heavy atom. The largest absolute Gasteiger partial charge is 0.460 e. The minimum Gasteiger partial charge on any atom is -0.460 e. The van der Waals surface area contributed by atoms with Crippen LogP contribution in [-0.2, 0) is 74.9 Å². The quantitative estimate of drug-likeness (QED) is 0.0226. The van der Waals surface area contributed by atoms with E-state index in [2.05, 4.69) is 29.1 Å². The zero-order chi connectivity index (χ0) is 58.3. The molecule has 4 aromatic rings. The van der Waals surface area contributed by atoms with Crippen molar-refractivity contribution in [3.05, 3.63) is 139 Å². The van der Waals surface area contributed by atoms with E-state index in [-0.39, 0.29) is 43.6 Å². The van der Waals surface area contributed by atoms with Crippen molar-refractivity contribution in [3.63, 3.8) is 0 Å². The van der Waals surface area contributed by atoms with Crippen molar-refractivity contribution in [1.29, 1.82) is 0 Å². The lowest BCUT2D eigenvalue weighted by Gasteiger charge is -2.34. The van der Waals surface area contributed by atoms with Crippen molar-refractivity contribution in [2.75, 3.05) is 19.8 Å². The van der Waals surface area contributed by atoms with Gasteiger partial charge in [0.05, 0.1) is 54.6 Å². The van der Waals surface area contributed by atoms with Crippen LogP contribution in [0, 0.1) is 11.8 Å². The van der Waals surface area contributed by atoms with E-state index in [9.17, 15) is 23.5 Å². The van der Waals surface area contributed by atoms with Crippen molar-refractivity contribution >= 4 is 60.9 Å². The number of carbonyl (C=O) groups excluding carboxylic acids is 5. The summed E-state index contributed by atoms with van der Waals surface area (Å²) in [6.07, 6.45) is 3.14. The van der Waals surface area contributed by atoms with Gasteiger partial charge in [-0.25, -0.2) is 0 Å². The number of nitrogens with one attached hydrogen (secondary N) is 3. The van der Waals surface area contributed by atoms with Gasteiger partial charge in [-0.1, -0.05) is 91.0 Å². The van der Waals surface area contributed by atoms with Gasteiger partial charge in [0.1, 0.15) is 17.2 Å². The van der Waals surface area contributed by atoms with Gasteiger partial charge in [0, 0.05) is 18.9 Å². The van der Waals surface area contributed by atoms with Gasteiger partial charge in [-0.05, 0) is 147 Å². The normalized spacial score (nSPS) is 14.7. The summed E-state index contributed by atoms with van der Waals surface area (Å²) in [6, 6.07) is 25.9. The highest BCUT2D eigenvalue weighted by Crippen LogP contribution is 2.57. The molecule has 0 heterocycles. The Labute approximate surface area is 462 Å². The maximum atomic E-state index is 15.2. The summed E-state index contributed by atoms with van der Waals surface area (Å²) in [4.78, 5) is 70.9. The number of ether oxygens (including phenoxy) is 1. The maximum Gasteiger partial charge on any atom is 0.361 e. The number of hydrogen-bond acceptors (Lipinski definition) is 12. The van der Waals surface area contributed by atoms with Crippen molar-refractivity contribution < 1.29 is 55.9 Å². The molecule has 0 bridgehead atoms. The van der Waals surface area contributed by atoms with Crippen LogP contribution in [0.3, 0.4) is 0 Å². The standard InChI is InChI=1S/C60H84N4O12P2/c1-15-22-43(35-46-25-21-24-44-23-19-20-26-49(44)46)39-62-55(68)51(37-52(61)65)63-56(69)60(14,38-41-29-33-47(34-30-41)78(71,72-17-3)73-18-4)64-54(67)50(36-53(66)74-57(5,6)7)48(16-2)45-31-27-42(28-32-45)40-77(70,75-58(8,9)10)76-59(11,12)13/h15-16,19-21,23-34,43,48,50-51H,1-2,17-18,22,35-40H2,3-14H3,(H2,61,65)(H,62,68)(H,63,69)(H,64,67)/t43-,48-,50-,51+,60+/m1/s1. The number of rotatable bonds is 29. The number of fused-ring (bicyclic) bond motifs is 1. The van der Waals surface area contributed by atoms with Gasteiger partial charge in [-0.15, -0.1) is 13.2 Å². The third kappa shape index (κ3) is 20.2. The summed E-state index contributed by atoms with van der Waals surface area (Å²) >= 11 is 0. The van der Waals surface area contributed by atoms with Gasteiger partial charge in [-0.2, -0.15) is 0 Å². The van der Waals surface area contributed by atoms with Gasteiger partial charge in [0.25, 0.3) is 0 Å². The summed E-state index contributed by atoms with van der Waals surface area (Å²) in [5, 5.41) is 11.0. The van der Waals surface area contributed by atoms with E-state index in [1.807, 2.05) is 42.5 Å². The van der Waals surface area contributed by atoms with Crippen LogP contribution in [0.5, 0.6) is 0 Å². The molecule has 5 atom stereocenters. The molecule has 0 fully saturated rings. The smallest absolute Gasteiger partial charge is 0.361 e. The van der Waals surface area contributed by atoms with E-state index in [4.69, 9.17) is 28.6 Å². The zero-order valence-electron chi connectivity index (χ0n) is 47.8. The second-order valence-corrected chi connectivity index (χ2v) is 26.7. The molecule has 5 N–H and O–H groups in total. The first-order valence-electron chi connectivity index (χ1n) is 26.5. The van der Waals surface area contributed by atoms with Crippen molar-refractivity contribution in [1.82, 2.24) is 16.0 Å². The number of carbonyl (C=O) groups is 5. The molecule has 0 aliphatic carbocycles. The molecule has 0 aliphatic heterocycles. The molecule has 0 radical (unpaired) electrons. The fourth-order valence-corrected chi connectivity index (χ4v) is 13.2. The molecule has 4 amide bonds. The molecule has 0 spiro atoms. The molecule has 16 nitrogen and oxygen atoms in total. The molecule has 4 aromatic carbocycles. The first kappa shape index (κ1) is 64.8. The van der Waals surface area contributed by atoms with E-state index in [1.165, 1.54) is 13.0 Å². The lowest BCUT2D eigenvalue weighted by molar-refractivity contribution is -0.157. The molecule has 0 aromatic heterocycles. The average molecular weight is 1120 g/mol. The number of hydrogen-bond donors (Lipinski definition) is 4. The summed E-state index contributed by atoms with van der Waals surface area (Å²) in [7, 11) is -7.42. The third-order valence-corrected chi connectivity index (χ3v) is 16.7. The molecule has 18 heteroatoms. The van der Waals surface area contributed by atoms with Crippen molar-refractivity contribution in [2.45, 2.75) is 156 Å². The Morgan fingerprint density at radius 2 is 1.28 bits per heavy atom. The number of amides is 4. The molecule has 0 saturated heterocycles. The van der Waals surface area contributed by atoms with Gasteiger partial charge >= 0.3 is 21.2 Å². The number of primary amides is 1. The highest BCUT2D eigenvalue weighted by Gasteiger charge is 2.42. The molecular weight excluding hydrogens is 1030 g/mol. The van der Waals surface area contributed by atoms with Crippen LogP contribution in [0.2, 0.25) is 0 Å². The Kier molecular flexibility index (Phi) is 23.2. The van der Waals surface area contributed by atoms with Crippen LogP contribution in [-0.4, -0.2) is 77.7 Å². The summed E-state index contributed by atoms with van der Waals surface area (Å²) in [5.41, 5.74) is 4.05. The highest BCUT2D eigenvalue weighted by molar-refractivity contribution is 7.62. The van der Waals surface area contributed by atoms with Gasteiger partial charge in [0.15, 0.2) is 0 Å². The minimum absolute atomic E-state index is 0.0546. The van der Waals surface area contributed by atoms with E-state index in [0.29, 0.717) is 29.5 Å². The van der Waals surface area contributed by atoms with E-state index >= 15 is 9.59 Å². The van der Waals surface area contributed by atoms with Gasteiger partial charge in [-0.3, -0.25) is 33.1 Å². The van der Waals surface area contributed by atoms with Crippen LogP contribution in [0.1, 0.15) is 131 Å². The summed E-state index contributed by atoms with van der Waals surface area (Å²) < 4.78 is 56.9. The molecule has 426 valence electrons. The third-order valence-electron chi connectivity index (χ3n) is 12.2. The molecular formula is C60H84N4O12P2. The second kappa shape index (κ2) is 27.9. The van der Waals surface area contributed by atoms with Crippen LogP contribution in [0.4, 0.5) is 0 Å². The van der Waals surface area contributed by atoms with Crippen LogP contribution >= 0.6 is 15.2 Å². The van der Waals surface area contributed by atoms with Crippen molar-refractivity contribution in [3.8, 4) is 0 Å². The summed E-state index contributed by atoms with van der Waals surface area (Å²) in [6.45, 7) is 29.1. The highest BCUT2D eigenvalue weighted by atomic mass is 31.2. The molecule has 0 unspecified atom stereocenters. The first-order valence-corrected chi connectivity index (χ1v) is 29.8. The lowest BCUT2D eigenvalue weighted by Crippen LogP contribution is -2.63. The van der Waals surface area contributed by atoms with E-state index < -0.39 is 97.9 Å². The van der Waals surface area contributed by atoms with Crippen LogP contribution < -0.4 is 27.0 Å². The van der Waals surface area contributed by atoms with Gasteiger partial charge in [0.2, 0.25) is 23.6 Å². The molecule has 78 heavy (non-hydrogen) atoms. The SMILES string of the molecule is C=CC[C@@H](CNC(=O)[C@H](CC(N)=O)NC(=O)[C@](C)(Cc1ccc(P(=O)(OCC)OCC)cc1)NC(=O)[C@H](CC(=O)OC(C)(C)C)[C@H](C=C)c1ccc(CP(=O)(OC(C)(C)C)OC(C)(C)C)cc1)Cc1cccc2ccccc12. The lowest BCUT2D eigenvalue weighted by atomic mass is 9.81. The minimum atomic E-state index is -3.72. The Bertz CT molecular complexity index is 2780. The Morgan fingerprint density at radius 1 is 0.705 bits per heavy atom. The topological polar surface area (TPSA) is 228 Å². The predicted molar refractivity (Wildman–Crippen MR) is 308 cm³/mol. The fraction of sp³-hybridized carbons (Fsp3) is 0.483. The maximum absolute atomic E-state index is 15.2. The number of allylic oxidation sites excluding steroid dienone is 2. The van der Waals surface area contributed by atoms with E-state index in [0.717, 1.165) is 16.3 Å². The monoisotopic (exact) mass is 1110 g/mol. The molecule has 0 saturated carbocycles. The number of nitrogens with two attached hydrogens (primary N) is 1. The fourth-order valence-electron chi connectivity index (χ4n) is 9.09. The number of esters is 1. The second-order valence-electron chi connectivity index (χ2n) is 22.7.